The van der Waals surface area contributed by atoms with Gasteiger partial charge in [-0.3, -0.25) is 18.7 Å². The van der Waals surface area contributed by atoms with Gasteiger partial charge in [0.2, 0.25) is 20.0 Å². The molecule has 6 rings (SSSR count). The van der Waals surface area contributed by atoms with Gasteiger partial charge in [0, 0.05) is 58.1 Å². The van der Waals surface area contributed by atoms with Crippen LogP contribution in [0.3, 0.4) is 0 Å². The van der Waals surface area contributed by atoms with E-state index in [-0.39, 0.29) is 48.1 Å². The number of fused-ring (bicyclic) bond motifs is 2. The fraction of sp³-hybridized carbons (Fsp3) is 0.469. The van der Waals surface area contributed by atoms with Crippen LogP contribution < -0.4 is 0 Å². The molecule has 0 aromatic heterocycles. The van der Waals surface area contributed by atoms with Crippen molar-refractivity contribution < 1.29 is 63.9 Å². The zero-order chi connectivity index (χ0) is 57.8. The standard InChI is InChI=1S/C25H33Cl2N2O7PS.C21H25Cl2N2O7PS.C3H9BrSi/c1-5-34-25(30)16-29(17-37(31,35-6-2)36-7-3)38(32,33)20-10-8-9-18(11-20)22-14-28(4)15-23-21(22)12-19(26)13-24(23)27;1-3-32-21(26)12-25(13-33(27,28)29)34(30,31)16-6-4-5-14(7-16)18-10-24(2)11-19-17(18)8-15(22)9-20(19)23;1-5(2,3)4/h8-13,22H,5-7,14-17H2,1-4H3;4-9,18H,3,10-13H2,1-2H3,(H2,27,28,29);1-3H3. The monoisotopic (exact) mass is 1310 g/mol. The van der Waals surface area contributed by atoms with Crippen molar-refractivity contribution >= 4 is 116 Å². The molecule has 2 atom stereocenters. The molecule has 28 heteroatoms. The molecule has 0 aliphatic carbocycles. The van der Waals surface area contributed by atoms with Gasteiger partial charge in [0.15, 0.2) is 0 Å². The summed E-state index contributed by atoms with van der Waals surface area (Å²) in [6.45, 7) is 13.4. The van der Waals surface area contributed by atoms with Crippen LogP contribution in [0, 0.1) is 0 Å². The third-order valence-electron chi connectivity index (χ3n) is 11.3. The molecule has 18 nitrogen and oxygen atoms in total. The van der Waals surface area contributed by atoms with E-state index >= 15 is 0 Å². The van der Waals surface area contributed by atoms with Crippen molar-refractivity contribution in [3.63, 3.8) is 0 Å². The van der Waals surface area contributed by atoms with Crippen LogP contribution in [0.2, 0.25) is 39.7 Å². The van der Waals surface area contributed by atoms with Gasteiger partial charge >= 0.3 is 27.1 Å². The molecule has 77 heavy (non-hydrogen) atoms. The molecule has 4 aromatic rings. The number of likely N-dealkylation sites (N-methyl/N-ethyl adjacent to an activating group) is 2. The molecule has 0 saturated carbocycles. The average molecular weight is 1310 g/mol. The predicted molar refractivity (Wildman–Crippen MR) is 308 cm³/mol. The van der Waals surface area contributed by atoms with Crippen molar-refractivity contribution in [3.05, 3.63) is 126 Å². The van der Waals surface area contributed by atoms with Crippen LogP contribution in [0.5, 0.6) is 0 Å². The minimum Gasteiger partial charge on any atom is -0.465 e. The molecule has 0 radical (unpaired) electrons. The van der Waals surface area contributed by atoms with Crippen LogP contribution in [0.25, 0.3) is 0 Å². The van der Waals surface area contributed by atoms with E-state index in [4.69, 9.17) is 64.9 Å². The predicted octanol–water partition coefficient (Wildman–Crippen LogP) is 10.8. The van der Waals surface area contributed by atoms with Gasteiger partial charge < -0.3 is 38.1 Å². The largest absolute Gasteiger partial charge is 0.465 e. The summed E-state index contributed by atoms with van der Waals surface area (Å²) in [6.07, 6.45) is -1.79. The second-order valence-electron chi connectivity index (χ2n) is 18.9. The van der Waals surface area contributed by atoms with Gasteiger partial charge in [0.1, 0.15) is 32.4 Å². The summed E-state index contributed by atoms with van der Waals surface area (Å²) in [6, 6.07) is 19.5. The molecule has 2 aliphatic rings. The minimum atomic E-state index is -4.81. The average Bonchev–Trinajstić information content (AvgIpc) is 3.31. The van der Waals surface area contributed by atoms with Crippen LogP contribution in [0.15, 0.2) is 82.6 Å². The Morgan fingerprint density at radius 3 is 1.35 bits per heavy atom. The molecule has 2 N–H and O–H groups in total. The van der Waals surface area contributed by atoms with E-state index in [9.17, 15) is 45.3 Å². The van der Waals surface area contributed by atoms with Crippen LogP contribution in [-0.2, 0) is 70.4 Å². The molecular weight excluding hydrogens is 1240 g/mol. The lowest BCUT2D eigenvalue weighted by Gasteiger charge is -2.33. The molecular formula is C49H67BrCl4N4O14P2S2Si. The van der Waals surface area contributed by atoms with E-state index in [0.29, 0.717) is 56.1 Å². The van der Waals surface area contributed by atoms with Gasteiger partial charge in [-0.1, -0.05) is 90.3 Å². The molecule has 428 valence electrons. The number of carbonyl (C=O) groups excluding carboxylic acids is 2. The Balaban J connectivity index is 0.000000307. The molecule has 0 amide bonds. The number of ether oxygens (including phenoxy) is 2. The number of esters is 2. The minimum absolute atomic E-state index is 0.00214. The zero-order valence-corrected chi connectivity index (χ0v) is 53.3. The number of rotatable bonds is 20. The third-order valence-corrected chi connectivity index (χ3v) is 19.1. The molecule has 0 fully saturated rings. The quantitative estimate of drug-likeness (QED) is 0.0363. The van der Waals surface area contributed by atoms with Gasteiger partial charge in [0.05, 0.1) is 36.2 Å². The fourth-order valence-electron chi connectivity index (χ4n) is 8.38. The number of hydrogen-bond acceptors (Lipinski definition) is 14. The molecule has 4 aromatic carbocycles. The van der Waals surface area contributed by atoms with Crippen molar-refractivity contribution in [2.24, 2.45) is 0 Å². The highest BCUT2D eigenvalue weighted by Gasteiger charge is 2.38. The van der Waals surface area contributed by atoms with Gasteiger partial charge in [-0.15, -0.1) is 15.3 Å². The van der Waals surface area contributed by atoms with E-state index in [1.54, 1.807) is 64.1 Å². The van der Waals surface area contributed by atoms with E-state index < -0.39 is 79.5 Å². The molecule has 0 saturated heterocycles. The maximum Gasteiger partial charge on any atom is 0.345 e. The highest BCUT2D eigenvalue weighted by Crippen LogP contribution is 2.50. The van der Waals surface area contributed by atoms with E-state index in [0.717, 1.165) is 32.1 Å². The first-order chi connectivity index (χ1) is 35.7. The number of carbonyl (C=O) groups is 2. The van der Waals surface area contributed by atoms with Gasteiger partial charge in [-0.2, -0.15) is 8.61 Å². The Bertz CT molecular complexity index is 3030. The maximum atomic E-state index is 13.8. The van der Waals surface area contributed by atoms with E-state index in [1.165, 1.54) is 18.2 Å². The topological polar surface area (TPSA) is 227 Å². The van der Waals surface area contributed by atoms with Gasteiger partial charge in [-0.25, -0.2) is 16.8 Å². The van der Waals surface area contributed by atoms with Crippen molar-refractivity contribution in [1.29, 1.82) is 0 Å². The Morgan fingerprint density at radius 1 is 0.649 bits per heavy atom. The summed E-state index contributed by atoms with van der Waals surface area (Å²) in [5, 5.41) is 2.03. The van der Waals surface area contributed by atoms with E-state index in [2.05, 4.69) is 44.7 Å². The molecule has 2 heterocycles. The first-order valence-corrected chi connectivity index (χ1v) is 37.9. The second-order valence-corrected chi connectivity index (χ2v) is 39.3. The summed E-state index contributed by atoms with van der Waals surface area (Å²) in [4.78, 5) is 47.0. The highest BCUT2D eigenvalue weighted by molar-refractivity contribution is 9.26. The Kier molecular flexibility index (Phi) is 25.4. The Morgan fingerprint density at radius 2 is 1.01 bits per heavy atom. The summed E-state index contributed by atoms with van der Waals surface area (Å²) in [7, 11) is -13.6. The lowest BCUT2D eigenvalue weighted by atomic mass is 9.85. The SMILES string of the molecule is CCOC(=O)CN(CP(=O)(O)O)S(=O)(=O)c1cccc(C2CN(C)Cc3c(Cl)cc(Cl)cc32)c1.CCOC(=O)CN(CP(=O)(OCC)OCC)S(=O)(=O)c1cccc(C2CN(C)Cc3c(Cl)cc(Cl)cc32)c1.C[Si](C)(C)Br. The van der Waals surface area contributed by atoms with Crippen LogP contribution in [-0.4, -0.2) is 143 Å². The summed E-state index contributed by atoms with van der Waals surface area (Å²) < 4.78 is 101. The summed E-state index contributed by atoms with van der Waals surface area (Å²) in [5.74, 6) is -2.14. The molecule has 0 spiro atoms. The maximum absolute atomic E-state index is 13.8. The van der Waals surface area contributed by atoms with Crippen LogP contribution in [0.1, 0.15) is 72.9 Å². The number of sulfonamides is 2. The van der Waals surface area contributed by atoms with Gasteiger partial charge in [0.25, 0.3) is 0 Å². The first-order valence-electron chi connectivity index (χ1n) is 24.2. The first kappa shape index (κ1) is 67.2. The second kappa shape index (κ2) is 29.1. The lowest BCUT2D eigenvalue weighted by Crippen LogP contribution is -2.38. The van der Waals surface area contributed by atoms with Gasteiger partial charge in [-0.05, 0) is 124 Å². The van der Waals surface area contributed by atoms with Crippen molar-refractivity contribution in [3.8, 4) is 0 Å². The highest BCUT2D eigenvalue weighted by atomic mass is 79.9. The number of hydrogen-bond donors (Lipinski definition) is 2. The Hall–Kier alpha value is -2.28. The van der Waals surface area contributed by atoms with E-state index in [1.807, 2.05) is 32.3 Å². The van der Waals surface area contributed by atoms with Crippen molar-refractivity contribution in [2.45, 2.75) is 82.1 Å². The summed E-state index contributed by atoms with van der Waals surface area (Å²) in [5.41, 5.74) is 5.01. The number of benzene rings is 4. The Labute approximate surface area is 481 Å². The molecule has 0 bridgehead atoms. The molecule has 2 unspecified atom stereocenters. The number of halogens is 5. The van der Waals surface area contributed by atoms with Crippen molar-refractivity contribution in [2.75, 3.05) is 79.3 Å². The third kappa shape index (κ3) is 20.0. The normalized spacial score (nSPS) is 16.4. The molecule has 2 aliphatic heterocycles. The summed E-state index contributed by atoms with van der Waals surface area (Å²) >= 11 is 29.0. The van der Waals surface area contributed by atoms with Crippen molar-refractivity contribution in [1.82, 2.24) is 18.4 Å². The zero-order valence-electron chi connectivity index (χ0n) is 44.3. The fourth-order valence-corrected chi connectivity index (χ4v) is 15.8. The van der Waals surface area contributed by atoms with Crippen LogP contribution in [0.4, 0.5) is 0 Å². The number of nitrogens with zero attached hydrogens (tertiary/aromatic N) is 4. The van der Waals surface area contributed by atoms with Crippen LogP contribution >= 0.6 is 76.9 Å². The lowest BCUT2D eigenvalue weighted by molar-refractivity contribution is -0.144. The smallest absolute Gasteiger partial charge is 0.345 e.